The molecule has 0 fully saturated rings. The van der Waals surface area contributed by atoms with Crippen LogP contribution in [0.3, 0.4) is 0 Å². The topological polar surface area (TPSA) is 9.86 Å². The maximum Gasteiger partial charge on any atom is 0.180 e. The van der Waals surface area contributed by atoms with Crippen molar-refractivity contribution in [2.45, 2.75) is 0 Å². The van der Waals surface area contributed by atoms with Crippen molar-refractivity contribution in [3.05, 3.63) is 303 Å². The summed E-state index contributed by atoms with van der Waals surface area (Å²) in [5, 5.41) is 16.1. The minimum absolute atomic E-state index is 1.13. The maximum atomic E-state index is 2.54. The predicted molar refractivity (Wildman–Crippen MR) is 327 cm³/mol. The Morgan fingerprint density at radius 3 is 1.22 bits per heavy atom. The van der Waals surface area contributed by atoms with E-state index in [0.717, 1.165) is 11.4 Å². The van der Waals surface area contributed by atoms with Crippen molar-refractivity contribution in [3.63, 3.8) is 0 Å². The maximum absolute atomic E-state index is 2.71. The van der Waals surface area contributed by atoms with Gasteiger partial charge in [0.2, 0.25) is 0 Å². The van der Waals surface area contributed by atoms with E-state index >= 15 is 0 Å². The molecule has 0 spiro atoms. The zero-order valence-electron chi connectivity index (χ0n) is 41.8. The van der Waals surface area contributed by atoms with Gasteiger partial charge >= 0.3 is 0 Å². The molecule has 0 bridgehead atoms. The molecule has 0 saturated heterocycles. The van der Waals surface area contributed by atoms with E-state index in [0.29, 0.717) is 0 Å². The van der Waals surface area contributed by atoms with Crippen molar-refractivity contribution < 1.29 is 0 Å². The van der Waals surface area contributed by atoms with E-state index in [4.69, 9.17) is 0 Å². The van der Waals surface area contributed by atoms with Gasteiger partial charge in [-0.2, -0.15) is 0 Å². The molecule has 76 heavy (non-hydrogen) atoms. The zero-order valence-corrected chi connectivity index (χ0v) is 43.8. The molecule has 0 aliphatic carbocycles. The third-order valence-corrected chi connectivity index (χ3v) is 26.2. The molecule has 12 aromatic carbocycles. The predicted octanol–water partition coefficient (Wildman–Crippen LogP) is 12.3. The van der Waals surface area contributed by atoms with E-state index in [1.54, 1.807) is 0 Å². The molecule has 2 aromatic heterocycles. The molecule has 0 radical (unpaired) electrons. The largest absolute Gasteiger partial charge is 0.309 e. The van der Waals surface area contributed by atoms with Crippen LogP contribution in [0, 0.1) is 0 Å². The summed E-state index contributed by atoms with van der Waals surface area (Å²) in [6.45, 7) is 0. The van der Waals surface area contributed by atoms with Gasteiger partial charge < -0.3 is 9.13 Å². The minimum Gasteiger partial charge on any atom is -0.309 e. The number of rotatable bonds is 9. The Kier molecular flexibility index (Phi) is 10.3. The lowest BCUT2D eigenvalue weighted by molar-refractivity contribution is 1.16. The highest BCUT2D eigenvalue weighted by atomic mass is 28.3. The van der Waals surface area contributed by atoms with Crippen molar-refractivity contribution in [2.75, 3.05) is 0 Å². The van der Waals surface area contributed by atoms with Crippen LogP contribution in [0.4, 0.5) is 0 Å². The van der Waals surface area contributed by atoms with Crippen LogP contribution in [0.25, 0.3) is 77.2 Å². The van der Waals surface area contributed by atoms with Crippen LogP contribution >= 0.6 is 0 Å². The summed E-state index contributed by atoms with van der Waals surface area (Å²) in [5.41, 5.74) is 12.1. The van der Waals surface area contributed by atoms with E-state index in [9.17, 15) is 0 Å². The van der Waals surface area contributed by atoms with Crippen LogP contribution in [0.5, 0.6) is 0 Å². The van der Waals surface area contributed by atoms with Crippen LogP contribution in [0.2, 0.25) is 0 Å². The first-order valence-electron chi connectivity index (χ1n) is 26.4. The quantitative estimate of drug-likeness (QED) is 0.101. The third kappa shape index (κ3) is 6.51. The highest BCUT2D eigenvalue weighted by Gasteiger charge is 2.48. The second-order valence-corrected chi connectivity index (χ2v) is 27.9. The van der Waals surface area contributed by atoms with Crippen molar-refractivity contribution >= 4 is 101 Å². The van der Waals surface area contributed by atoms with Crippen LogP contribution in [-0.4, -0.2) is 25.3 Å². The van der Waals surface area contributed by atoms with E-state index in [2.05, 4.69) is 312 Å². The van der Waals surface area contributed by atoms with Gasteiger partial charge in [-0.3, -0.25) is 0 Å². The van der Waals surface area contributed by atoms with Gasteiger partial charge in [-0.15, -0.1) is 0 Å². The first-order chi connectivity index (χ1) is 37.7. The lowest BCUT2D eigenvalue weighted by Crippen LogP contribution is -2.74. The number of hydrogen-bond acceptors (Lipinski definition) is 0. The first kappa shape index (κ1) is 44.2. The Morgan fingerprint density at radius 2 is 0.645 bits per heavy atom. The zero-order chi connectivity index (χ0) is 50.2. The molecule has 15 rings (SSSR count). The summed E-state index contributed by atoms with van der Waals surface area (Å²) in [5.74, 6) is 0. The summed E-state index contributed by atoms with van der Waals surface area (Å²) < 4.78 is 4.97. The molecular weight excluding hydrogens is 949 g/mol. The molecule has 3 heterocycles. The number of aromatic nitrogens is 2. The number of benzene rings is 12. The summed E-state index contributed by atoms with van der Waals surface area (Å²) in [6.07, 6.45) is 0. The van der Waals surface area contributed by atoms with Gasteiger partial charge in [0.1, 0.15) is 0 Å². The minimum atomic E-state index is -2.71. The van der Waals surface area contributed by atoms with Gasteiger partial charge in [0.25, 0.3) is 0 Å². The second-order valence-electron chi connectivity index (χ2n) is 20.3. The molecule has 1 aliphatic rings. The number of fused-ring (bicyclic) bond motifs is 9. The molecule has 0 unspecified atom stereocenters. The molecule has 0 atom stereocenters. The molecule has 14 aromatic rings. The Labute approximate surface area is 444 Å². The molecule has 0 N–H and O–H groups in total. The second kappa shape index (κ2) is 17.7. The van der Waals surface area contributed by atoms with Gasteiger partial charge in [0.15, 0.2) is 16.1 Å². The van der Waals surface area contributed by atoms with Crippen molar-refractivity contribution in [1.82, 2.24) is 9.13 Å². The molecule has 2 nitrogen and oxygen atoms in total. The van der Waals surface area contributed by atoms with E-state index in [1.807, 2.05) is 0 Å². The highest BCUT2D eigenvalue weighted by Crippen LogP contribution is 2.39. The van der Waals surface area contributed by atoms with Crippen molar-refractivity contribution in [1.29, 1.82) is 0 Å². The standard InChI is InChI=1S/C72H50N2Si2/c1-6-22-55(23-7-1)75(56-24-8-2-9-25-56,57-26-10-3-11-27-57)60-43-40-53(41-44-60)73-67-35-19-16-33-62(67)64-47-42-54(50-70(64)73)74-68-36-20-17-32-61(68)63-45-38-51(48-69(63)74)52-39-46-66-65-34-18-21-37-71(65)76(72(66)49-52,58-28-12-4-13-29-58)59-30-14-5-15-31-59/h1-50H. The fourth-order valence-corrected chi connectivity index (χ4v) is 23.3. The van der Waals surface area contributed by atoms with E-state index < -0.39 is 16.1 Å². The lowest BCUT2D eigenvalue weighted by Gasteiger charge is -2.34. The van der Waals surface area contributed by atoms with Gasteiger partial charge in [0, 0.05) is 32.9 Å². The van der Waals surface area contributed by atoms with E-state index in [-0.39, 0.29) is 0 Å². The van der Waals surface area contributed by atoms with Gasteiger partial charge in [-0.25, -0.2) is 0 Å². The lowest BCUT2D eigenvalue weighted by atomic mass is 9.99. The molecular formula is C72H50N2Si2. The molecule has 356 valence electrons. The van der Waals surface area contributed by atoms with Gasteiger partial charge in [0.05, 0.1) is 22.1 Å². The normalized spacial score (nSPS) is 12.8. The van der Waals surface area contributed by atoms with Gasteiger partial charge in [-0.1, -0.05) is 261 Å². The summed E-state index contributed by atoms with van der Waals surface area (Å²) in [7, 11) is -5.38. The van der Waals surface area contributed by atoms with Crippen LogP contribution in [0.1, 0.15) is 0 Å². The fourth-order valence-electron chi connectivity index (χ4n) is 13.4. The molecule has 0 amide bonds. The number of nitrogens with zero attached hydrogens (tertiary/aromatic N) is 2. The Hall–Kier alpha value is -9.33. The van der Waals surface area contributed by atoms with Crippen LogP contribution in [-0.2, 0) is 0 Å². The smallest absolute Gasteiger partial charge is 0.180 e. The van der Waals surface area contributed by atoms with Gasteiger partial charge in [-0.05, 0) is 106 Å². The third-order valence-electron chi connectivity index (χ3n) is 16.6. The van der Waals surface area contributed by atoms with Crippen LogP contribution < -0.4 is 41.5 Å². The Morgan fingerprint density at radius 1 is 0.250 bits per heavy atom. The summed E-state index contributed by atoms with van der Waals surface area (Å²) in [4.78, 5) is 0. The summed E-state index contributed by atoms with van der Waals surface area (Å²) >= 11 is 0. The Balaban J connectivity index is 0.907. The number of hydrogen-bond donors (Lipinski definition) is 0. The average molecular weight is 999 g/mol. The van der Waals surface area contributed by atoms with Crippen molar-refractivity contribution in [3.8, 4) is 33.6 Å². The SMILES string of the molecule is c1ccc([Si](c2ccccc2)(c2ccccc2)c2ccc(-n3c4ccccc4c4ccc(-n5c6ccccc6c6ccc(-c7ccc8c(c7)[Si](c7ccccc7)(c7ccccc7)c7ccccc7-8)cc65)cc43)cc2)cc1. The fraction of sp³-hybridized carbons (Fsp3) is 0. The molecule has 4 heteroatoms. The first-order valence-corrected chi connectivity index (χ1v) is 30.4. The molecule has 0 saturated carbocycles. The number of para-hydroxylation sites is 2. The monoisotopic (exact) mass is 998 g/mol. The molecule has 1 aliphatic heterocycles. The summed E-state index contributed by atoms with van der Waals surface area (Å²) in [6, 6.07) is 114. The highest BCUT2D eigenvalue weighted by molar-refractivity contribution is 7.22. The van der Waals surface area contributed by atoms with E-state index in [1.165, 1.54) is 107 Å². The Bertz CT molecular complexity index is 4350. The van der Waals surface area contributed by atoms with Crippen LogP contribution in [0.15, 0.2) is 303 Å². The average Bonchev–Trinajstić information content (AvgIpc) is 4.23. The van der Waals surface area contributed by atoms with Crippen molar-refractivity contribution in [2.24, 2.45) is 0 Å².